The topological polar surface area (TPSA) is 99.1 Å². The average Bonchev–Trinajstić information content (AvgIpc) is 3.49. The number of fused-ring (bicyclic) bond motifs is 2. The van der Waals surface area contributed by atoms with Crippen LogP contribution in [0.15, 0.2) is 24.5 Å². The standard InChI is InChI=1S/C24H26Cl2FN7O3S/c1-38(35,36)33-6-4-31(5-7-33)13-15-14-34-22(26)21(20-17(27)2-3-18-19(20)16(25)12-28-18)30-23(24(34)29-15)32-8-10-37-11-9-32/h2-3,12,14,28H,4-11,13H2,1H3. The number of piperazine rings is 1. The molecule has 2 aliphatic heterocycles. The number of aromatic nitrogens is 4. The molecule has 1 N–H and O–H groups in total. The number of H-pyrrole nitrogens is 1. The zero-order chi connectivity index (χ0) is 26.6. The molecule has 1 aromatic carbocycles. The molecule has 2 aliphatic rings. The van der Waals surface area contributed by atoms with Crippen LogP contribution in [0.1, 0.15) is 5.69 Å². The van der Waals surface area contributed by atoms with Gasteiger partial charge in [0.2, 0.25) is 10.0 Å². The van der Waals surface area contributed by atoms with Gasteiger partial charge in [-0.15, -0.1) is 0 Å². The molecule has 5 heterocycles. The van der Waals surface area contributed by atoms with Crippen LogP contribution in [0.4, 0.5) is 10.2 Å². The fourth-order valence-electron chi connectivity index (χ4n) is 5.11. The minimum absolute atomic E-state index is 0.223. The predicted molar refractivity (Wildman–Crippen MR) is 145 cm³/mol. The highest BCUT2D eigenvalue weighted by atomic mass is 35.5. The van der Waals surface area contributed by atoms with Gasteiger partial charge in [0.25, 0.3) is 0 Å². The Morgan fingerprint density at radius 1 is 1.08 bits per heavy atom. The first-order valence-electron chi connectivity index (χ1n) is 12.2. The summed E-state index contributed by atoms with van der Waals surface area (Å²) in [5, 5.41) is 1.11. The molecule has 202 valence electrons. The predicted octanol–water partition coefficient (Wildman–Crippen LogP) is 3.24. The third-order valence-electron chi connectivity index (χ3n) is 7.06. The fraction of sp³-hybridized carbons (Fsp3) is 0.417. The van der Waals surface area contributed by atoms with Crippen LogP contribution in [-0.2, 0) is 21.3 Å². The number of morpholine rings is 1. The van der Waals surface area contributed by atoms with Crippen LogP contribution < -0.4 is 4.90 Å². The number of aromatic amines is 1. The average molecular weight is 582 g/mol. The second-order valence-electron chi connectivity index (χ2n) is 9.52. The maximum absolute atomic E-state index is 15.4. The van der Waals surface area contributed by atoms with Crippen LogP contribution in [0.25, 0.3) is 27.8 Å². The first kappa shape index (κ1) is 25.8. The lowest BCUT2D eigenvalue weighted by Crippen LogP contribution is -2.47. The molecule has 10 nitrogen and oxygen atoms in total. The summed E-state index contributed by atoms with van der Waals surface area (Å²) in [4.78, 5) is 17.0. The Bertz CT molecular complexity index is 1630. The lowest BCUT2D eigenvalue weighted by Gasteiger charge is -2.32. The van der Waals surface area contributed by atoms with E-state index in [1.807, 2.05) is 6.20 Å². The van der Waals surface area contributed by atoms with Crippen LogP contribution in [-0.4, -0.2) is 95.7 Å². The number of hydrogen-bond donors (Lipinski definition) is 1. The van der Waals surface area contributed by atoms with E-state index in [0.29, 0.717) is 86.4 Å². The highest BCUT2D eigenvalue weighted by molar-refractivity contribution is 7.88. The SMILES string of the molecule is CS(=O)(=O)N1CCN(Cc2cn3c(Cl)c(-c4c(F)ccc5[nH]cc(Cl)c45)nc(N4CCOCC4)c3n2)CC1. The molecule has 0 bridgehead atoms. The summed E-state index contributed by atoms with van der Waals surface area (Å²) >= 11 is 13.4. The van der Waals surface area contributed by atoms with E-state index in [4.69, 9.17) is 37.9 Å². The van der Waals surface area contributed by atoms with Crippen molar-refractivity contribution in [2.24, 2.45) is 0 Å². The number of nitrogens with zero attached hydrogens (tertiary/aromatic N) is 6. The molecular weight excluding hydrogens is 556 g/mol. The Morgan fingerprint density at radius 3 is 2.53 bits per heavy atom. The van der Waals surface area contributed by atoms with Crippen molar-refractivity contribution in [3.63, 3.8) is 0 Å². The summed E-state index contributed by atoms with van der Waals surface area (Å²) in [6.07, 6.45) is 4.68. The number of rotatable bonds is 5. The molecule has 0 unspecified atom stereocenters. The number of benzene rings is 1. The van der Waals surface area contributed by atoms with E-state index >= 15 is 4.39 Å². The number of imidazole rings is 1. The number of hydrogen-bond acceptors (Lipinski definition) is 7. The summed E-state index contributed by atoms with van der Waals surface area (Å²) in [5.41, 5.74) is 2.50. The number of nitrogens with one attached hydrogen (secondary N) is 1. The van der Waals surface area contributed by atoms with Gasteiger partial charge < -0.3 is 14.6 Å². The molecule has 2 fully saturated rings. The molecule has 0 amide bonds. The molecule has 0 atom stereocenters. The molecule has 38 heavy (non-hydrogen) atoms. The summed E-state index contributed by atoms with van der Waals surface area (Å²) < 4.78 is 47.9. The van der Waals surface area contributed by atoms with Crippen molar-refractivity contribution in [3.05, 3.63) is 46.2 Å². The van der Waals surface area contributed by atoms with Crippen LogP contribution in [0.3, 0.4) is 0 Å². The van der Waals surface area contributed by atoms with Gasteiger partial charge in [0.1, 0.15) is 16.7 Å². The van der Waals surface area contributed by atoms with Crippen molar-refractivity contribution in [1.29, 1.82) is 0 Å². The van der Waals surface area contributed by atoms with E-state index in [0.717, 1.165) is 5.69 Å². The zero-order valence-corrected chi connectivity index (χ0v) is 23.0. The van der Waals surface area contributed by atoms with Crippen molar-refractivity contribution in [3.8, 4) is 11.3 Å². The third-order valence-corrected chi connectivity index (χ3v) is 9.02. The second-order valence-corrected chi connectivity index (χ2v) is 12.3. The molecular formula is C24H26Cl2FN7O3S. The number of sulfonamides is 1. The minimum atomic E-state index is -3.21. The quantitative estimate of drug-likeness (QED) is 0.386. The lowest BCUT2D eigenvalue weighted by molar-refractivity contribution is 0.122. The van der Waals surface area contributed by atoms with E-state index in [2.05, 4.69) is 14.8 Å². The smallest absolute Gasteiger partial charge is 0.211 e. The first-order chi connectivity index (χ1) is 18.2. The Hall–Kier alpha value is -2.48. The van der Waals surface area contributed by atoms with Gasteiger partial charge in [0.05, 0.1) is 30.2 Å². The van der Waals surface area contributed by atoms with Crippen molar-refractivity contribution >= 4 is 55.6 Å². The van der Waals surface area contributed by atoms with Crippen LogP contribution in [0.5, 0.6) is 0 Å². The Balaban J connectivity index is 1.44. The molecule has 0 radical (unpaired) electrons. The fourth-order valence-corrected chi connectivity index (χ4v) is 6.46. The van der Waals surface area contributed by atoms with Gasteiger partial charge >= 0.3 is 0 Å². The Morgan fingerprint density at radius 2 is 1.82 bits per heavy atom. The van der Waals surface area contributed by atoms with Gasteiger partial charge in [-0.05, 0) is 12.1 Å². The van der Waals surface area contributed by atoms with Crippen molar-refractivity contribution in [1.82, 2.24) is 28.6 Å². The molecule has 6 rings (SSSR count). The van der Waals surface area contributed by atoms with Gasteiger partial charge in [0.15, 0.2) is 11.5 Å². The van der Waals surface area contributed by atoms with Crippen molar-refractivity contribution in [2.45, 2.75) is 6.54 Å². The van der Waals surface area contributed by atoms with Crippen molar-refractivity contribution < 1.29 is 17.5 Å². The Labute approximate surface area is 229 Å². The molecule has 4 aromatic rings. The molecule has 0 aliphatic carbocycles. The molecule has 2 saturated heterocycles. The number of ether oxygens (including phenoxy) is 1. The number of halogens is 3. The van der Waals surface area contributed by atoms with Crippen LogP contribution in [0.2, 0.25) is 10.2 Å². The monoisotopic (exact) mass is 581 g/mol. The van der Waals surface area contributed by atoms with E-state index in [1.54, 1.807) is 16.7 Å². The highest BCUT2D eigenvalue weighted by Gasteiger charge is 2.27. The normalized spacial score (nSPS) is 18.2. The number of anilines is 1. The summed E-state index contributed by atoms with van der Waals surface area (Å²) in [5.74, 6) is 0.105. The van der Waals surface area contributed by atoms with E-state index < -0.39 is 15.8 Å². The molecule has 0 spiro atoms. The molecule has 3 aromatic heterocycles. The van der Waals surface area contributed by atoms with Crippen LogP contribution >= 0.6 is 23.2 Å². The first-order valence-corrected chi connectivity index (χ1v) is 14.8. The molecule has 0 saturated carbocycles. The van der Waals surface area contributed by atoms with Crippen molar-refractivity contribution in [2.75, 3.05) is 63.6 Å². The van der Waals surface area contributed by atoms with Gasteiger partial charge in [0, 0.05) is 74.7 Å². The zero-order valence-electron chi connectivity index (χ0n) is 20.6. The summed E-state index contributed by atoms with van der Waals surface area (Å²) in [6.45, 7) is 4.85. The van der Waals surface area contributed by atoms with Crippen LogP contribution in [0, 0.1) is 5.82 Å². The van der Waals surface area contributed by atoms with Gasteiger partial charge in [-0.3, -0.25) is 9.30 Å². The highest BCUT2D eigenvalue weighted by Crippen LogP contribution is 2.40. The maximum Gasteiger partial charge on any atom is 0.211 e. The third kappa shape index (κ3) is 4.63. The van der Waals surface area contributed by atoms with Gasteiger partial charge in [-0.1, -0.05) is 23.2 Å². The minimum Gasteiger partial charge on any atom is -0.378 e. The Kier molecular flexibility index (Phi) is 6.73. The largest absolute Gasteiger partial charge is 0.378 e. The van der Waals surface area contributed by atoms with E-state index in [-0.39, 0.29) is 16.4 Å². The lowest BCUT2D eigenvalue weighted by atomic mass is 10.1. The summed E-state index contributed by atoms with van der Waals surface area (Å²) in [7, 11) is -3.21. The summed E-state index contributed by atoms with van der Waals surface area (Å²) in [6, 6.07) is 3.00. The van der Waals surface area contributed by atoms with Gasteiger partial charge in [-0.2, -0.15) is 4.31 Å². The van der Waals surface area contributed by atoms with Gasteiger partial charge in [-0.25, -0.2) is 22.8 Å². The second kappa shape index (κ2) is 9.92. The van der Waals surface area contributed by atoms with E-state index in [1.165, 1.54) is 16.6 Å². The molecule has 14 heteroatoms. The maximum atomic E-state index is 15.4. The van der Waals surface area contributed by atoms with E-state index in [9.17, 15) is 8.42 Å².